The van der Waals surface area contributed by atoms with E-state index in [1.165, 1.54) is 0 Å². The summed E-state index contributed by atoms with van der Waals surface area (Å²) in [6.45, 7) is -10.1. The van der Waals surface area contributed by atoms with Gasteiger partial charge in [-0.05, 0) is 0 Å². The van der Waals surface area contributed by atoms with Crippen LogP contribution in [0, 0.1) is 0 Å². The second-order valence-electron chi connectivity index (χ2n) is 7.05. The van der Waals surface area contributed by atoms with E-state index in [4.69, 9.17) is 0 Å². The summed E-state index contributed by atoms with van der Waals surface area (Å²) in [5.41, 5.74) is 0. The maximum Gasteiger partial charge on any atom is 2.00 e. The van der Waals surface area contributed by atoms with E-state index < -0.39 is 93.0 Å². The molecule has 0 unspecified atom stereocenters. The predicted molar refractivity (Wildman–Crippen MR) is 107 cm³/mol. The molecule has 0 aromatic carbocycles. The van der Waals surface area contributed by atoms with Crippen molar-refractivity contribution in [3.63, 3.8) is 0 Å². The van der Waals surface area contributed by atoms with E-state index in [9.17, 15) is 87.8 Å². The van der Waals surface area contributed by atoms with Crippen LogP contribution in [-0.4, -0.2) is 93.0 Å². The minimum atomic E-state index is -6.14. The van der Waals surface area contributed by atoms with E-state index >= 15 is 0 Å². The molecule has 248 valence electrons. The molecule has 0 aliphatic heterocycles. The summed E-state index contributed by atoms with van der Waals surface area (Å²) in [5.74, 6) is -22.2. The fourth-order valence-corrected chi connectivity index (χ4v) is 2.20. The smallest absolute Gasteiger partial charge is 0.411 e. The van der Waals surface area contributed by atoms with Crippen LogP contribution < -0.4 is 0 Å². The number of alkyl halides is 20. The van der Waals surface area contributed by atoms with E-state index in [0.717, 1.165) is 0 Å². The Balaban J connectivity index is -0.000000688. The van der Waals surface area contributed by atoms with Crippen LogP contribution in [-0.2, 0) is 41.7 Å². The first kappa shape index (κ1) is 44.8. The molecule has 0 spiro atoms. The Hall–Kier alpha value is -0.686. The second kappa shape index (κ2) is 14.4. The van der Waals surface area contributed by atoms with Gasteiger partial charge in [-0.25, -0.2) is 0 Å². The van der Waals surface area contributed by atoms with Crippen LogP contribution in [0.2, 0.25) is 0 Å². The Morgan fingerprint density at radius 3 is 0.585 bits per heavy atom. The fraction of sp³-hybridized carbons (Fsp3) is 0.857. The SMILES string of the molecule is FC(F)(F)C(F)(F)CN(CC(F)(F)C(F)(F)F)C(=S)[S-].FC(F)(F)C(F)(F)CN(CC(F)(F)C(F)(F)F)C(=S)[S-].[Ni+2]. The molecule has 0 aromatic heterocycles. The third-order valence-corrected chi connectivity index (χ3v) is 4.77. The van der Waals surface area contributed by atoms with E-state index in [2.05, 4.69) is 49.7 Å². The molecule has 0 heterocycles. The summed E-state index contributed by atoms with van der Waals surface area (Å²) < 4.78 is 241. The Bertz CT molecular complexity index is 740. The van der Waals surface area contributed by atoms with Gasteiger partial charge in [-0.3, -0.25) is 0 Å². The minimum Gasteiger partial charge on any atom is -0.411 e. The Morgan fingerprint density at radius 1 is 0.390 bits per heavy atom. The monoisotopic (exact) mass is 770 g/mol. The standard InChI is InChI=1S/2C7H5F10NS2.Ni/c2*8-4(9,6(12,13)14)1-18(3(19)20)2-5(10,11)7(15,16)17;/h2*1-2H2,(H,19,20);/q;;+2/p-2. The zero-order valence-electron chi connectivity index (χ0n) is 18.2. The van der Waals surface area contributed by atoms with Crippen molar-refractivity contribution in [2.75, 3.05) is 26.2 Å². The van der Waals surface area contributed by atoms with Gasteiger partial charge in [0, 0.05) is 0 Å². The molecule has 0 saturated heterocycles. The molecule has 0 N–H and O–H groups in total. The average Bonchev–Trinajstić information content (AvgIpc) is 2.62. The molecule has 0 atom stereocenters. The molecule has 0 bridgehead atoms. The van der Waals surface area contributed by atoms with Gasteiger partial charge in [-0.1, -0.05) is 8.64 Å². The van der Waals surface area contributed by atoms with Gasteiger partial charge >= 0.3 is 64.9 Å². The first-order valence-electron chi connectivity index (χ1n) is 8.72. The number of hydrogen-bond acceptors (Lipinski definition) is 4. The number of rotatable bonds is 8. The molecule has 0 saturated carbocycles. The summed E-state index contributed by atoms with van der Waals surface area (Å²) in [5, 5.41) is 0. The molecule has 0 aromatic rings. The van der Waals surface area contributed by atoms with E-state index in [0.29, 0.717) is 0 Å². The van der Waals surface area contributed by atoms with Crippen molar-refractivity contribution < 1.29 is 104 Å². The van der Waals surface area contributed by atoms with Crippen molar-refractivity contribution in [1.29, 1.82) is 0 Å². The fourth-order valence-electron chi connectivity index (χ4n) is 1.69. The van der Waals surface area contributed by atoms with Gasteiger partial charge in [-0.2, -0.15) is 87.8 Å². The molecule has 0 aliphatic carbocycles. The zero-order chi connectivity index (χ0) is 33.1. The maximum atomic E-state index is 12.6. The minimum absolute atomic E-state index is 0. The van der Waals surface area contributed by atoms with Crippen LogP contribution in [0.15, 0.2) is 0 Å². The number of nitrogens with zero attached hydrogens (tertiary/aromatic N) is 2. The normalized spacial score (nSPS) is 14.0. The van der Waals surface area contributed by atoms with Crippen molar-refractivity contribution in [2.24, 2.45) is 0 Å². The average molecular weight is 771 g/mol. The molecule has 27 heteroatoms. The van der Waals surface area contributed by atoms with Crippen LogP contribution in [0.3, 0.4) is 0 Å². The number of hydrogen-bond donors (Lipinski definition) is 0. The molecule has 2 nitrogen and oxygen atoms in total. The summed E-state index contributed by atoms with van der Waals surface area (Å²) in [6.07, 6.45) is -24.6. The molecule has 0 radical (unpaired) electrons. The molecular formula is C14H8F20N2NiS4. The van der Waals surface area contributed by atoms with Gasteiger partial charge in [0.05, 0.1) is 26.2 Å². The van der Waals surface area contributed by atoms with Crippen LogP contribution in [0.5, 0.6) is 0 Å². The summed E-state index contributed by atoms with van der Waals surface area (Å²) in [4.78, 5) is -1.43. The van der Waals surface area contributed by atoms with Crippen LogP contribution in [0.1, 0.15) is 0 Å². The van der Waals surface area contributed by atoms with Crippen LogP contribution >= 0.6 is 24.4 Å². The van der Waals surface area contributed by atoms with Gasteiger partial charge in [0.2, 0.25) is 0 Å². The maximum absolute atomic E-state index is 12.6. The number of thiocarbonyl (C=S) groups is 2. The molecule has 0 aliphatic rings. The third-order valence-electron chi connectivity index (χ3n) is 3.73. The first-order chi connectivity index (χ1) is 17.0. The van der Waals surface area contributed by atoms with Gasteiger partial charge in [0.25, 0.3) is 0 Å². The molecule has 0 fully saturated rings. The Kier molecular flexibility index (Phi) is 15.7. The first-order valence-corrected chi connectivity index (χ1v) is 10.4. The molecular weight excluding hydrogens is 763 g/mol. The predicted octanol–water partition coefficient (Wildman–Crippen LogP) is 7.03. The topological polar surface area (TPSA) is 6.48 Å². The van der Waals surface area contributed by atoms with Gasteiger partial charge < -0.3 is 59.5 Å². The van der Waals surface area contributed by atoms with E-state index in [-0.39, 0.29) is 16.5 Å². The zero-order valence-corrected chi connectivity index (χ0v) is 22.5. The molecule has 0 rings (SSSR count). The van der Waals surface area contributed by atoms with Gasteiger partial charge in [-0.15, -0.1) is 0 Å². The van der Waals surface area contributed by atoms with Gasteiger partial charge in [0.1, 0.15) is 0 Å². The summed E-state index contributed by atoms with van der Waals surface area (Å²) >= 11 is 15.8. The van der Waals surface area contributed by atoms with Crippen molar-refractivity contribution in [2.45, 2.75) is 48.4 Å². The van der Waals surface area contributed by atoms with Crippen molar-refractivity contribution in [1.82, 2.24) is 9.80 Å². The Morgan fingerprint density at radius 2 is 0.512 bits per heavy atom. The van der Waals surface area contributed by atoms with E-state index in [1.54, 1.807) is 0 Å². The second-order valence-corrected chi connectivity index (χ2v) is 9.12. The third kappa shape index (κ3) is 13.7. The van der Waals surface area contributed by atoms with Crippen LogP contribution in [0.4, 0.5) is 87.8 Å². The van der Waals surface area contributed by atoms with Crippen molar-refractivity contribution in [3.8, 4) is 0 Å². The van der Waals surface area contributed by atoms with Crippen LogP contribution in [0.25, 0.3) is 0 Å². The van der Waals surface area contributed by atoms with E-state index in [1.807, 2.05) is 0 Å². The largest absolute Gasteiger partial charge is 2.00 e. The van der Waals surface area contributed by atoms with Crippen molar-refractivity contribution in [3.05, 3.63) is 0 Å². The summed E-state index contributed by atoms with van der Waals surface area (Å²) in [6, 6.07) is 0. The number of halogens is 20. The Labute approximate surface area is 246 Å². The molecule has 0 amide bonds. The summed E-state index contributed by atoms with van der Waals surface area (Å²) in [7, 11) is 0. The molecule has 41 heavy (non-hydrogen) atoms. The van der Waals surface area contributed by atoms with Gasteiger partial charge in [0.15, 0.2) is 0 Å². The quantitative estimate of drug-likeness (QED) is 0.113. The van der Waals surface area contributed by atoms with Crippen molar-refractivity contribution >= 4 is 58.3 Å².